The van der Waals surface area contributed by atoms with E-state index in [1.165, 1.54) is 14.2 Å². The Kier molecular flexibility index (Phi) is 6.45. The van der Waals surface area contributed by atoms with Crippen molar-refractivity contribution in [3.63, 3.8) is 0 Å². The van der Waals surface area contributed by atoms with Crippen molar-refractivity contribution in [2.45, 2.75) is 27.1 Å². The summed E-state index contributed by atoms with van der Waals surface area (Å²) in [6.07, 6.45) is 2.97. The number of hydrogen-bond donors (Lipinski definition) is 0. The van der Waals surface area contributed by atoms with Gasteiger partial charge < -0.3 is 18.9 Å². The number of methoxy groups -OCH3 is 2. The van der Waals surface area contributed by atoms with Gasteiger partial charge in [0.25, 0.3) is 11.9 Å². The van der Waals surface area contributed by atoms with Gasteiger partial charge in [0.2, 0.25) is 6.29 Å². The van der Waals surface area contributed by atoms with Crippen molar-refractivity contribution in [3.05, 3.63) is 24.0 Å². The van der Waals surface area contributed by atoms with E-state index in [4.69, 9.17) is 18.9 Å². The van der Waals surface area contributed by atoms with Crippen molar-refractivity contribution in [3.8, 4) is 0 Å². The molecule has 0 amide bonds. The lowest BCUT2D eigenvalue weighted by molar-refractivity contribution is -0.139. The van der Waals surface area contributed by atoms with Crippen molar-refractivity contribution in [1.29, 1.82) is 0 Å². The molecule has 82 valence electrons. The van der Waals surface area contributed by atoms with Crippen molar-refractivity contribution in [2.24, 2.45) is 0 Å². The van der Waals surface area contributed by atoms with E-state index in [0.29, 0.717) is 11.9 Å². The van der Waals surface area contributed by atoms with Gasteiger partial charge in [0.1, 0.15) is 0 Å². The summed E-state index contributed by atoms with van der Waals surface area (Å²) in [6.45, 7) is 5.39. The molecule has 0 aliphatic carbocycles. The van der Waals surface area contributed by atoms with Crippen LogP contribution in [0.3, 0.4) is 0 Å². The summed E-state index contributed by atoms with van der Waals surface area (Å²) in [6, 6.07) is 0. The maximum absolute atomic E-state index is 5.28. The predicted molar refractivity (Wildman–Crippen MR) is 53.2 cm³/mol. The molecular formula is C10H18O4. The lowest BCUT2D eigenvalue weighted by Crippen LogP contribution is -2.13. The van der Waals surface area contributed by atoms with Gasteiger partial charge in [-0.3, -0.25) is 0 Å². The third-order valence-electron chi connectivity index (χ3n) is 1.44. The van der Waals surface area contributed by atoms with Crippen LogP contribution in [0.15, 0.2) is 24.0 Å². The monoisotopic (exact) mass is 202 g/mol. The molecular weight excluding hydrogens is 184 g/mol. The SMILES string of the molecule is C/C=C(\OC)OC(C)O/C(=C/C)OC. The smallest absolute Gasteiger partial charge is 0.277 e. The van der Waals surface area contributed by atoms with Crippen LogP contribution in [-0.2, 0) is 18.9 Å². The van der Waals surface area contributed by atoms with E-state index in [-0.39, 0.29) is 0 Å². The minimum atomic E-state index is -0.452. The van der Waals surface area contributed by atoms with E-state index in [1.54, 1.807) is 19.1 Å². The van der Waals surface area contributed by atoms with Gasteiger partial charge in [-0.15, -0.1) is 0 Å². The summed E-state index contributed by atoms with van der Waals surface area (Å²) in [7, 11) is 3.07. The molecule has 0 aromatic carbocycles. The highest BCUT2D eigenvalue weighted by molar-refractivity contribution is 4.81. The zero-order chi connectivity index (χ0) is 11.0. The molecule has 0 aliphatic heterocycles. The Morgan fingerprint density at radius 3 is 1.50 bits per heavy atom. The highest BCUT2D eigenvalue weighted by atomic mass is 16.8. The molecule has 0 N–H and O–H groups in total. The fourth-order valence-corrected chi connectivity index (χ4v) is 0.819. The molecule has 0 fully saturated rings. The van der Waals surface area contributed by atoms with Crippen LogP contribution in [0.25, 0.3) is 0 Å². The predicted octanol–water partition coefficient (Wildman–Crippen LogP) is 2.38. The molecule has 14 heavy (non-hydrogen) atoms. The van der Waals surface area contributed by atoms with Gasteiger partial charge in [0.05, 0.1) is 14.2 Å². The average Bonchev–Trinajstić information content (AvgIpc) is 2.22. The van der Waals surface area contributed by atoms with Gasteiger partial charge in [-0.25, -0.2) is 0 Å². The van der Waals surface area contributed by atoms with E-state index in [9.17, 15) is 0 Å². The summed E-state index contributed by atoms with van der Waals surface area (Å²) in [5.74, 6) is 0.841. The zero-order valence-electron chi connectivity index (χ0n) is 9.37. The highest BCUT2D eigenvalue weighted by Gasteiger charge is 2.08. The van der Waals surface area contributed by atoms with Crippen LogP contribution >= 0.6 is 0 Å². The maximum Gasteiger partial charge on any atom is 0.277 e. The molecule has 0 aromatic rings. The van der Waals surface area contributed by atoms with Crippen LogP contribution < -0.4 is 0 Å². The summed E-state index contributed by atoms with van der Waals surface area (Å²) in [4.78, 5) is 0. The molecule has 0 atom stereocenters. The van der Waals surface area contributed by atoms with Crippen LogP contribution in [0.4, 0.5) is 0 Å². The third kappa shape index (κ3) is 4.64. The molecule has 0 bridgehead atoms. The molecule has 4 nitrogen and oxygen atoms in total. The first kappa shape index (κ1) is 12.7. The molecule has 0 radical (unpaired) electrons. The van der Waals surface area contributed by atoms with Crippen LogP contribution in [0.2, 0.25) is 0 Å². The molecule has 0 rings (SSSR count). The fourth-order valence-electron chi connectivity index (χ4n) is 0.819. The molecule has 0 unspecified atom stereocenters. The van der Waals surface area contributed by atoms with E-state index < -0.39 is 6.29 Å². The van der Waals surface area contributed by atoms with Crippen molar-refractivity contribution in [1.82, 2.24) is 0 Å². The molecule has 0 saturated carbocycles. The van der Waals surface area contributed by atoms with E-state index >= 15 is 0 Å². The molecule has 0 heterocycles. The van der Waals surface area contributed by atoms with Crippen LogP contribution in [0.1, 0.15) is 20.8 Å². The number of hydrogen-bond acceptors (Lipinski definition) is 4. The Morgan fingerprint density at radius 2 is 1.29 bits per heavy atom. The maximum atomic E-state index is 5.28. The second-order valence-electron chi connectivity index (χ2n) is 2.43. The fraction of sp³-hybridized carbons (Fsp3) is 0.600. The Balaban J connectivity index is 4.03. The van der Waals surface area contributed by atoms with Crippen molar-refractivity contribution < 1.29 is 18.9 Å². The second kappa shape index (κ2) is 7.12. The Morgan fingerprint density at radius 1 is 0.929 bits per heavy atom. The van der Waals surface area contributed by atoms with Gasteiger partial charge in [-0.2, -0.15) is 0 Å². The Labute approximate surface area is 85.1 Å². The van der Waals surface area contributed by atoms with E-state index in [2.05, 4.69) is 0 Å². The highest BCUT2D eigenvalue weighted by Crippen LogP contribution is 2.09. The first-order chi connectivity index (χ1) is 6.67. The number of rotatable bonds is 6. The Bertz CT molecular complexity index is 186. The lowest BCUT2D eigenvalue weighted by Gasteiger charge is -2.17. The lowest BCUT2D eigenvalue weighted by atomic mass is 10.6. The second-order valence-corrected chi connectivity index (χ2v) is 2.43. The molecule has 0 saturated heterocycles. The minimum absolute atomic E-state index is 0.420. The Hall–Kier alpha value is -1.32. The molecule has 0 aromatic heterocycles. The van der Waals surface area contributed by atoms with Crippen molar-refractivity contribution in [2.75, 3.05) is 14.2 Å². The first-order valence-electron chi connectivity index (χ1n) is 4.41. The summed E-state index contributed by atoms with van der Waals surface area (Å²) >= 11 is 0. The molecule has 0 spiro atoms. The van der Waals surface area contributed by atoms with Crippen molar-refractivity contribution >= 4 is 0 Å². The van der Waals surface area contributed by atoms with E-state index in [1.807, 2.05) is 13.8 Å². The van der Waals surface area contributed by atoms with Gasteiger partial charge in [-0.1, -0.05) is 0 Å². The van der Waals surface area contributed by atoms with Crippen LogP contribution in [-0.4, -0.2) is 20.5 Å². The average molecular weight is 202 g/mol. The topological polar surface area (TPSA) is 36.9 Å². The van der Waals surface area contributed by atoms with Crippen LogP contribution in [0.5, 0.6) is 0 Å². The van der Waals surface area contributed by atoms with Crippen LogP contribution in [0, 0.1) is 0 Å². The number of ether oxygens (including phenoxy) is 4. The first-order valence-corrected chi connectivity index (χ1v) is 4.41. The van der Waals surface area contributed by atoms with Gasteiger partial charge in [-0.05, 0) is 26.0 Å². The van der Waals surface area contributed by atoms with E-state index in [0.717, 1.165) is 0 Å². The largest absolute Gasteiger partial charge is 0.469 e. The summed E-state index contributed by atoms with van der Waals surface area (Å²) < 4.78 is 20.4. The molecule has 4 heteroatoms. The normalized spacial score (nSPS) is 14.6. The third-order valence-corrected chi connectivity index (χ3v) is 1.44. The van der Waals surface area contributed by atoms with Gasteiger partial charge >= 0.3 is 0 Å². The summed E-state index contributed by atoms with van der Waals surface area (Å²) in [5, 5.41) is 0. The quantitative estimate of drug-likeness (QED) is 0.489. The zero-order valence-corrected chi connectivity index (χ0v) is 9.37. The van der Waals surface area contributed by atoms with Gasteiger partial charge in [0.15, 0.2) is 0 Å². The number of allylic oxidation sites excluding steroid dienone is 2. The molecule has 0 aliphatic rings. The van der Waals surface area contributed by atoms with Gasteiger partial charge in [0, 0.05) is 6.92 Å². The summed E-state index contributed by atoms with van der Waals surface area (Å²) in [5.41, 5.74) is 0. The minimum Gasteiger partial charge on any atom is -0.469 e. The standard InChI is InChI=1S/C10H18O4/c1-6-9(11-4)13-8(3)14-10(7-2)12-5/h6-8H,1-5H3/b9-6+,10-7+.